The maximum Gasteiger partial charge on any atom is 0.408 e. The van der Waals surface area contributed by atoms with Crippen LogP contribution < -0.4 is 63.7 Å². The van der Waals surface area contributed by atoms with E-state index in [1.54, 1.807) is 105 Å². The standard InChI is InChI=1S/C24H37ClN4O5.C24H38N4O5.C23H37ClN4O5.C23H38N4O5.2CH4/c1-15-12-18-19(30)27-24(21(32)28-25)13-16(24)10-8-6-5-7-9-11-17(20(31)29(18)14-15)26-22(33)34-23(2,3)4;1-15-12-18-19(29)27-24(21(25)31)13-16(24)10-8-6-5-7-9-11-17(20(30)28(18)14-15)26-22(32)33-23(2,3)4;1-9-14-11-23(14,19(31)27-24)26-17(29)15-10-13(2)12-28(15)18(30)16(21(3,4)5)25-20(32)33-22(6,7)8;1-9-14-11-23(14,19(24)30)26-17(28)15-10-13(2)12-27(15)18(29)16(21(3,4)5)25-20(31)32-22(6,7)8;;/h8,10,15-18H,5-7,9,11-14H2,1-4H3,(H,26,33)(H,27,30)(H,28,32);8,10,15-18H,5-7,9,11-14H2,1-4H3,(H2,25,31)(H,26,32)(H,27,29);9,13-16H,1,10-12H2,2-8H3,(H,25,32)(H,26,29)(H,27,31);9,13-16H,1,10-12H2,2-8H3,(H2,24,30)(H,25,31)(H,26,28);2*1H4/b2*10-8-;;;;/t2*15-,16-,17+,18+,24-;2*13-,14-,15+,16-,23-;;/m1111../s1. The van der Waals surface area contributed by atoms with E-state index in [0.29, 0.717) is 90.4 Å². The van der Waals surface area contributed by atoms with E-state index in [1.807, 2.05) is 93.5 Å². The second-order valence-electron chi connectivity index (χ2n) is 43.9. The molecule has 0 radical (unpaired) electrons. The number of allylic oxidation sites excluding steroid dienone is 2. The molecule has 0 bridgehead atoms. The zero-order valence-electron chi connectivity index (χ0n) is 81.5. The summed E-state index contributed by atoms with van der Waals surface area (Å²) in [4.78, 5) is 216. The summed E-state index contributed by atoms with van der Waals surface area (Å²) in [5.74, 6) is -5.38. The van der Waals surface area contributed by atoms with Crippen LogP contribution in [0.1, 0.15) is 283 Å². The molecule has 756 valence electrons. The number of hydrogen-bond donors (Lipinski definition) is 12. The fourth-order valence-electron chi connectivity index (χ4n) is 18.0. The summed E-state index contributed by atoms with van der Waals surface area (Å²) in [5.41, 5.74) is 2.65. The number of likely N-dealkylation sites (tertiary alicyclic amines) is 2. The lowest BCUT2D eigenvalue weighted by Crippen LogP contribution is -2.59. The SMILES string of the molecule is C.C.C=C[C@@H]1C[C@]1(NC(=O)[C@@H]1C[C@@H](C)CN1C(=O)[C@@H](NC(=O)OC(C)(C)C)C(C)(C)C)C(=O)NCl.C=C[C@@H]1C[C@]1(NC(=O)[C@@H]1C[C@@H](C)CN1C(=O)[C@@H](NC(=O)OC(C)(C)C)C(C)(C)C)C(N)=O.C[C@@H]1C[C@H]2C(=O)N[C@]3(C(=O)NCl)C[C@H]3/C=C\CCCCC[C@H](NC(=O)OC(C)(C)C)C(=O)N2C1.C[C@@H]1C[C@H]2C(=O)N[C@]3(C(N)=O)C[C@H]3/C=C\CCCCC[C@H](NC(=O)OC(C)(C)C)C(=O)N2C1. The highest BCUT2D eigenvalue weighted by Crippen LogP contribution is 2.49. The Hall–Kier alpha value is -9.74. The molecular weight excluding hydrogens is 1770 g/mol. The zero-order valence-corrected chi connectivity index (χ0v) is 83.0. The predicted molar refractivity (Wildman–Crippen MR) is 509 cm³/mol. The molecule has 6 heterocycles. The molecule has 8 fully saturated rings. The fraction of sp³-hybridized carbons (Fsp3) is 0.750. The molecular formula is C96H158Cl2N16O20. The average Bonchev–Trinajstić information content (AvgIpc) is 1.59. The van der Waals surface area contributed by atoms with E-state index in [9.17, 15) is 76.7 Å². The van der Waals surface area contributed by atoms with Crippen molar-refractivity contribution in [3.63, 3.8) is 0 Å². The number of nitrogens with two attached hydrogens (primary N) is 2. The van der Waals surface area contributed by atoms with Crippen molar-refractivity contribution in [3.05, 3.63) is 49.6 Å². The number of amides is 16. The van der Waals surface area contributed by atoms with Crippen LogP contribution in [0, 0.1) is 58.2 Å². The number of carbonyl (C=O) groups is 16. The molecule has 0 aromatic carbocycles. The second kappa shape index (κ2) is 45.9. The van der Waals surface area contributed by atoms with Crippen LogP contribution in [0.4, 0.5) is 19.2 Å². The molecule has 38 heteroatoms. The van der Waals surface area contributed by atoms with E-state index in [2.05, 4.69) is 65.4 Å². The molecule has 4 aliphatic carbocycles. The topological polar surface area (TPSA) is 495 Å². The Balaban J connectivity index is 0.000000314. The first-order valence-corrected chi connectivity index (χ1v) is 47.2. The smallest absolute Gasteiger partial charge is 0.408 e. The van der Waals surface area contributed by atoms with E-state index in [0.717, 1.165) is 51.4 Å². The summed E-state index contributed by atoms with van der Waals surface area (Å²) in [5, 5.41) is 22.2. The molecule has 20 atom stereocenters. The summed E-state index contributed by atoms with van der Waals surface area (Å²) in [6, 6.07) is -6.33. The van der Waals surface area contributed by atoms with Crippen molar-refractivity contribution in [2.24, 2.45) is 69.6 Å². The lowest BCUT2D eigenvalue weighted by molar-refractivity contribution is -0.143. The Morgan fingerprint density at radius 2 is 0.791 bits per heavy atom. The number of primary amides is 2. The van der Waals surface area contributed by atoms with Gasteiger partial charge in [0.2, 0.25) is 59.1 Å². The minimum Gasteiger partial charge on any atom is -0.444 e. The van der Waals surface area contributed by atoms with Gasteiger partial charge in [-0.3, -0.25) is 67.2 Å². The number of rotatable bonds is 16. The number of ether oxygens (including phenoxy) is 4. The van der Waals surface area contributed by atoms with Gasteiger partial charge in [0.05, 0.1) is 0 Å². The minimum atomic E-state index is -1.15. The lowest BCUT2D eigenvalue weighted by Gasteiger charge is -2.36. The third-order valence-electron chi connectivity index (χ3n) is 25.2. The van der Waals surface area contributed by atoms with Gasteiger partial charge in [-0.2, -0.15) is 0 Å². The van der Waals surface area contributed by atoms with Gasteiger partial charge in [-0.25, -0.2) is 19.2 Å². The molecule has 0 aromatic rings. The van der Waals surface area contributed by atoms with Crippen LogP contribution >= 0.6 is 23.6 Å². The number of hydrogen-bond acceptors (Lipinski definition) is 20. The highest BCUT2D eigenvalue weighted by atomic mass is 35.5. The first kappa shape index (κ1) is 115. The largest absolute Gasteiger partial charge is 0.444 e. The molecule has 16 amide bonds. The number of nitrogens with one attached hydrogen (secondary N) is 10. The quantitative estimate of drug-likeness (QED) is 0.0388. The number of halogens is 2. The van der Waals surface area contributed by atoms with Crippen LogP contribution in [0.15, 0.2) is 49.6 Å². The number of carbonyl (C=O) groups excluding carboxylic acids is 16. The molecule has 14 N–H and O–H groups in total. The summed E-state index contributed by atoms with van der Waals surface area (Å²) < 4.78 is 21.4. The minimum absolute atomic E-state index is 0. The van der Waals surface area contributed by atoms with Crippen molar-refractivity contribution in [1.82, 2.24) is 71.8 Å². The number of alkyl carbamates (subject to hydrolysis) is 4. The monoisotopic (exact) mass is 1930 g/mol. The van der Waals surface area contributed by atoms with Crippen LogP contribution in [-0.4, -0.2) is 234 Å². The van der Waals surface area contributed by atoms with Crippen molar-refractivity contribution in [1.29, 1.82) is 0 Å². The molecule has 36 nitrogen and oxygen atoms in total. The molecule has 134 heavy (non-hydrogen) atoms. The Morgan fingerprint density at radius 1 is 0.455 bits per heavy atom. The van der Waals surface area contributed by atoms with Gasteiger partial charge in [-0.1, -0.05) is 146 Å². The van der Waals surface area contributed by atoms with Gasteiger partial charge < -0.3 is 92.5 Å². The summed E-state index contributed by atoms with van der Waals surface area (Å²) in [6.07, 6.45) is 19.8. The van der Waals surface area contributed by atoms with E-state index in [4.69, 9.17) is 54.0 Å². The normalized spacial score (nSPS) is 30.5. The van der Waals surface area contributed by atoms with Crippen molar-refractivity contribution < 1.29 is 95.7 Å². The molecule has 0 unspecified atom stereocenters. The summed E-state index contributed by atoms with van der Waals surface area (Å²) >= 11 is 11.2. The van der Waals surface area contributed by atoms with E-state index < -0.39 is 164 Å². The van der Waals surface area contributed by atoms with Crippen molar-refractivity contribution in [2.75, 3.05) is 26.2 Å². The van der Waals surface area contributed by atoms with Crippen molar-refractivity contribution in [3.8, 4) is 0 Å². The Morgan fingerprint density at radius 3 is 1.13 bits per heavy atom. The van der Waals surface area contributed by atoms with Gasteiger partial charge >= 0.3 is 24.4 Å². The van der Waals surface area contributed by atoms with E-state index in [1.165, 1.54) is 9.80 Å². The first-order valence-electron chi connectivity index (χ1n) is 46.4. The zero-order chi connectivity index (χ0) is 99.5. The third-order valence-corrected chi connectivity index (χ3v) is 25.6. The summed E-state index contributed by atoms with van der Waals surface area (Å²) in [7, 11) is 0. The van der Waals surface area contributed by atoms with Crippen molar-refractivity contribution >= 4 is 119 Å². The molecule has 6 aliphatic heterocycles. The highest BCUT2D eigenvalue weighted by molar-refractivity contribution is 6.24. The Bertz CT molecular complexity index is 4350. The number of fused-ring (bicyclic) bond motifs is 4. The Labute approximate surface area is 803 Å². The second-order valence-corrected chi connectivity index (χ2v) is 44.3. The molecule has 10 aliphatic rings. The van der Waals surface area contributed by atoms with Crippen LogP contribution in [0.3, 0.4) is 0 Å². The number of nitrogens with zero attached hydrogens (tertiary/aromatic N) is 4. The van der Waals surface area contributed by atoms with Crippen LogP contribution in [0.5, 0.6) is 0 Å². The van der Waals surface area contributed by atoms with Crippen molar-refractivity contribution in [2.45, 2.75) is 376 Å². The maximum atomic E-state index is 13.6. The average molecular weight is 1930 g/mol. The van der Waals surface area contributed by atoms with Crippen LogP contribution in [-0.2, 0) is 76.5 Å². The molecule has 0 spiro atoms. The summed E-state index contributed by atoms with van der Waals surface area (Å²) in [6.45, 7) is 48.8. The van der Waals surface area contributed by atoms with Crippen LogP contribution in [0.25, 0.3) is 0 Å². The van der Waals surface area contributed by atoms with Crippen LogP contribution in [0.2, 0.25) is 0 Å². The van der Waals surface area contributed by atoms with Gasteiger partial charge in [-0.05, 0) is 207 Å². The lowest BCUT2D eigenvalue weighted by atomic mass is 9.85. The molecule has 0 aromatic heterocycles. The fourth-order valence-corrected chi connectivity index (χ4v) is 18.3. The molecule has 10 rings (SSSR count). The van der Waals surface area contributed by atoms with E-state index in [-0.39, 0.29) is 97.6 Å². The maximum absolute atomic E-state index is 13.6. The molecule has 4 saturated heterocycles. The first-order chi connectivity index (χ1) is 61.0. The van der Waals surface area contributed by atoms with Gasteiger partial charge in [-0.15, -0.1) is 13.2 Å². The highest BCUT2D eigenvalue weighted by Gasteiger charge is 2.64. The third kappa shape index (κ3) is 30.6. The Kier molecular flexibility index (Phi) is 39.3. The van der Waals surface area contributed by atoms with Gasteiger partial charge in [0.1, 0.15) is 92.9 Å². The van der Waals surface area contributed by atoms with Gasteiger partial charge in [0.15, 0.2) is 0 Å². The van der Waals surface area contributed by atoms with Gasteiger partial charge in [0.25, 0.3) is 11.8 Å². The van der Waals surface area contributed by atoms with E-state index >= 15 is 0 Å². The molecule has 4 saturated carbocycles. The predicted octanol–water partition coefficient (Wildman–Crippen LogP) is 10.3. The van der Waals surface area contributed by atoms with Gasteiger partial charge in [0, 0.05) is 73.4 Å².